The SMILES string of the molecule is CCCCn1c(=O)[nH]c(=O)c2c1nc(CCC(=O)N1CCCC1C1CCCC1)n2CC(C)C. The minimum atomic E-state index is -0.408. The van der Waals surface area contributed by atoms with Crippen molar-refractivity contribution < 1.29 is 4.79 Å². The van der Waals surface area contributed by atoms with Gasteiger partial charge < -0.3 is 9.47 Å². The van der Waals surface area contributed by atoms with E-state index in [1.807, 2.05) is 4.57 Å². The molecular weight excluding hydrogens is 418 g/mol. The van der Waals surface area contributed by atoms with Gasteiger partial charge in [0.05, 0.1) is 0 Å². The highest BCUT2D eigenvalue weighted by Crippen LogP contribution is 2.35. The summed E-state index contributed by atoms with van der Waals surface area (Å²) in [7, 11) is 0. The number of likely N-dealkylation sites (tertiary alicyclic amines) is 1. The third-order valence-corrected chi connectivity index (χ3v) is 7.37. The molecule has 0 radical (unpaired) electrons. The van der Waals surface area contributed by atoms with Gasteiger partial charge in [-0.05, 0) is 43.9 Å². The van der Waals surface area contributed by atoms with Gasteiger partial charge in [-0.3, -0.25) is 19.1 Å². The molecule has 2 aromatic heterocycles. The van der Waals surface area contributed by atoms with E-state index in [2.05, 4.69) is 30.7 Å². The maximum atomic E-state index is 13.2. The summed E-state index contributed by atoms with van der Waals surface area (Å²) in [5, 5.41) is 0. The molecule has 1 atom stereocenters. The van der Waals surface area contributed by atoms with Gasteiger partial charge in [0.1, 0.15) is 5.82 Å². The number of carbonyl (C=O) groups excluding carboxylic acids is 1. The molecule has 1 saturated carbocycles. The molecule has 182 valence electrons. The third kappa shape index (κ3) is 4.94. The maximum absolute atomic E-state index is 13.2. The molecule has 1 aliphatic carbocycles. The van der Waals surface area contributed by atoms with Crippen LogP contribution in [0.2, 0.25) is 0 Å². The summed E-state index contributed by atoms with van der Waals surface area (Å²) < 4.78 is 3.52. The van der Waals surface area contributed by atoms with Crippen molar-refractivity contribution in [1.82, 2.24) is 24.0 Å². The van der Waals surface area contributed by atoms with Crippen LogP contribution in [0.1, 0.15) is 84.4 Å². The van der Waals surface area contributed by atoms with E-state index in [9.17, 15) is 14.4 Å². The van der Waals surface area contributed by atoms with Crippen molar-refractivity contribution in [3.63, 3.8) is 0 Å². The average molecular weight is 458 g/mol. The Morgan fingerprint density at radius 2 is 1.88 bits per heavy atom. The van der Waals surface area contributed by atoms with Crippen molar-refractivity contribution >= 4 is 17.1 Å². The lowest BCUT2D eigenvalue weighted by Gasteiger charge is -2.29. The number of rotatable bonds is 9. The first-order chi connectivity index (χ1) is 15.9. The minimum Gasteiger partial charge on any atom is -0.339 e. The number of unbranched alkanes of at least 4 members (excludes halogenated alkanes) is 1. The molecule has 8 heteroatoms. The van der Waals surface area contributed by atoms with E-state index in [0.29, 0.717) is 55.0 Å². The van der Waals surface area contributed by atoms with E-state index in [-0.39, 0.29) is 5.91 Å². The second-order valence-electron chi connectivity index (χ2n) is 10.3. The quantitative estimate of drug-likeness (QED) is 0.624. The summed E-state index contributed by atoms with van der Waals surface area (Å²) in [4.78, 5) is 47.9. The number of nitrogens with zero attached hydrogens (tertiary/aromatic N) is 4. The van der Waals surface area contributed by atoms with Gasteiger partial charge in [-0.2, -0.15) is 0 Å². The number of hydrogen-bond acceptors (Lipinski definition) is 4. The Morgan fingerprint density at radius 1 is 1.12 bits per heavy atom. The van der Waals surface area contributed by atoms with Crippen LogP contribution in [-0.2, 0) is 24.3 Å². The normalized spacial score (nSPS) is 19.4. The number of amides is 1. The summed E-state index contributed by atoms with van der Waals surface area (Å²) in [5.74, 6) is 1.89. The lowest BCUT2D eigenvalue weighted by molar-refractivity contribution is -0.132. The zero-order chi connectivity index (χ0) is 23.5. The number of imidazole rings is 1. The number of fused-ring (bicyclic) bond motifs is 1. The minimum absolute atomic E-state index is 0.199. The molecule has 33 heavy (non-hydrogen) atoms. The number of aromatic amines is 1. The first-order valence-corrected chi connectivity index (χ1v) is 12.9. The number of hydrogen-bond donors (Lipinski definition) is 1. The van der Waals surface area contributed by atoms with Crippen LogP contribution < -0.4 is 11.2 Å². The topological polar surface area (TPSA) is 93.0 Å². The van der Waals surface area contributed by atoms with Gasteiger partial charge in [-0.15, -0.1) is 0 Å². The molecule has 8 nitrogen and oxygen atoms in total. The number of aryl methyl sites for hydroxylation is 2. The van der Waals surface area contributed by atoms with E-state index < -0.39 is 11.2 Å². The maximum Gasteiger partial charge on any atom is 0.330 e. The fourth-order valence-electron chi connectivity index (χ4n) is 5.79. The van der Waals surface area contributed by atoms with Crippen LogP contribution >= 0.6 is 0 Å². The van der Waals surface area contributed by atoms with E-state index in [1.165, 1.54) is 25.7 Å². The Bertz CT molecular complexity index is 1090. The van der Waals surface area contributed by atoms with Crippen molar-refractivity contribution in [2.75, 3.05) is 6.54 Å². The summed E-state index contributed by atoms with van der Waals surface area (Å²) >= 11 is 0. The van der Waals surface area contributed by atoms with Crippen LogP contribution in [0.5, 0.6) is 0 Å². The lowest BCUT2D eigenvalue weighted by atomic mass is 9.96. The van der Waals surface area contributed by atoms with Gasteiger partial charge in [0.25, 0.3) is 5.56 Å². The van der Waals surface area contributed by atoms with Gasteiger partial charge in [0.15, 0.2) is 11.2 Å². The first-order valence-electron chi connectivity index (χ1n) is 12.9. The molecule has 1 unspecified atom stereocenters. The zero-order valence-corrected chi connectivity index (χ0v) is 20.4. The molecule has 0 spiro atoms. The van der Waals surface area contributed by atoms with Crippen molar-refractivity contribution in [3.8, 4) is 0 Å². The molecule has 1 aliphatic heterocycles. The number of aromatic nitrogens is 4. The van der Waals surface area contributed by atoms with Crippen molar-refractivity contribution in [2.24, 2.45) is 11.8 Å². The van der Waals surface area contributed by atoms with Gasteiger partial charge in [0, 0.05) is 38.5 Å². The Balaban J connectivity index is 1.61. The molecule has 1 saturated heterocycles. The van der Waals surface area contributed by atoms with Crippen molar-refractivity contribution in [2.45, 2.75) is 104 Å². The Morgan fingerprint density at radius 3 is 2.58 bits per heavy atom. The third-order valence-electron chi connectivity index (χ3n) is 7.37. The predicted molar refractivity (Wildman–Crippen MR) is 129 cm³/mol. The largest absolute Gasteiger partial charge is 0.339 e. The highest BCUT2D eigenvalue weighted by molar-refractivity contribution is 5.77. The van der Waals surface area contributed by atoms with Crippen LogP contribution in [0.3, 0.4) is 0 Å². The van der Waals surface area contributed by atoms with Crippen LogP contribution in [0.15, 0.2) is 9.59 Å². The van der Waals surface area contributed by atoms with E-state index >= 15 is 0 Å². The predicted octanol–water partition coefficient (Wildman–Crippen LogP) is 3.46. The first kappa shape index (κ1) is 23.8. The van der Waals surface area contributed by atoms with Gasteiger partial charge in [-0.25, -0.2) is 9.78 Å². The standard InChI is InChI=1S/C25H39N5O3/c1-4-5-14-29-23-22(24(32)27-25(29)33)30(16-17(2)3)20(26-23)12-13-21(31)28-15-8-11-19(28)18-9-6-7-10-18/h17-19H,4-16H2,1-3H3,(H,27,32,33). The fraction of sp³-hybridized carbons (Fsp3) is 0.760. The van der Waals surface area contributed by atoms with Crippen LogP contribution in [0.25, 0.3) is 11.2 Å². The fourth-order valence-corrected chi connectivity index (χ4v) is 5.79. The van der Waals surface area contributed by atoms with Crippen molar-refractivity contribution in [1.29, 1.82) is 0 Å². The zero-order valence-electron chi connectivity index (χ0n) is 20.4. The van der Waals surface area contributed by atoms with Crippen LogP contribution in [0.4, 0.5) is 0 Å². The monoisotopic (exact) mass is 457 g/mol. The number of nitrogens with one attached hydrogen (secondary N) is 1. The van der Waals surface area contributed by atoms with Gasteiger partial charge in [-0.1, -0.05) is 40.0 Å². The molecule has 2 aromatic rings. The van der Waals surface area contributed by atoms with Crippen LogP contribution in [-0.4, -0.2) is 42.5 Å². The van der Waals surface area contributed by atoms with E-state index in [1.54, 1.807) is 4.57 Å². The second kappa shape index (κ2) is 10.3. The lowest BCUT2D eigenvalue weighted by Crippen LogP contribution is -2.39. The van der Waals surface area contributed by atoms with Crippen LogP contribution in [0, 0.1) is 11.8 Å². The summed E-state index contributed by atoms with van der Waals surface area (Å²) in [6, 6.07) is 0.400. The van der Waals surface area contributed by atoms with E-state index in [0.717, 1.165) is 38.1 Å². The smallest absolute Gasteiger partial charge is 0.330 e. The Labute approximate surface area is 195 Å². The molecule has 1 amide bonds. The molecule has 0 bridgehead atoms. The average Bonchev–Trinajstić information content (AvgIpc) is 3.51. The second-order valence-corrected chi connectivity index (χ2v) is 10.3. The highest BCUT2D eigenvalue weighted by Gasteiger charge is 2.35. The van der Waals surface area contributed by atoms with Crippen molar-refractivity contribution in [3.05, 3.63) is 26.7 Å². The van der Waals surface area contributed by atoms with E-state index in [4.69, 9.17) is 4.98 Å². The highest BCUT2D eigenvalue weighted by atomic mass is 16.2. The Hall–Kier alpha value is -2.38. The Kier molecular flexibility index (Phi) is 7.39. The van der Waals surface area contributed by atoms with Gasteiger partial charge in [0.2, 0.25) is 5.91 Å². The molecule has 4 rings (SSSR count). The summed E-state index contributed by atoms with van der Waals surface area (Å²) in [5.41, 5.74) is 0.0979. The molecule has 0 aromatic carbocycles. The molecule has 2 fully saturated rings. The molecular formula is C25H39N5O3. The molecule has 1 N–H and O–H groups in total. The van der Waals surface area contributed by atoms with Gasteiger partial charge >= 0.3 is 5.69 Å². The summed E-state index contributed by atoms with van der Waals surface area (Å²) in [6.07, 6.45) is 9.94. The number of carbonyl (C=O) groups is 1. The molecule has 3 heterocycles. The molecule has 2 aliphatic rings. The number of H-pyrrole nitrogens is 1. The summed E-state index contributed by atoms with van der Waals surface area (Å²) in [6.45, 7) is 8.27.